The molecule has 0 aromatic heterocycles. The van der Waals surface area contributed by atoms with Gasteiger partial charge in [0.25, 0.3) is 0 Å². The highest BCUT2D eigenvalue weighted by atomic mass is 16.4. The van der Waals surface area contributed by atoms with E-state index in [1.165, 1.54) is 0 Å². The van der Waals surface area contributed by atoms with E-state index >= 15 is 0 Å². The first-order valence-electron chi connectivity index (χ1n) is 6.73. The lowest BCUT2D eigenvalue weighted by molar-refractivity contribution is -0.131. The van der Waals surface area contributed by atoms with Crippen molar-refractivity contribution in [3.63, 3.8) is 0 Å². The van der Waals surface area contributed by atoms with E-state index in [4.69, 9.17) is 5.11 Å². The largest absolute Gasteiger partial charge is 0.478 e. The Balaban J connectivity index is 2.04. The average molecular weight is 261 g/mol. The number of benzene rings is 1. The molecule has 0 radical (unpaired) electrons. The first kappa shape index (κ1) is 13.6. The van der Waals surface area contributed by atoms with Gasteiger partial charge in [-0.25, -0.2) is 4.79 Å². The van der Waals surface area contributed by atoms with E-state index in [0.717, 1.165) is 31.4 Å². The zero-order valence-corrected chi connectivity index (χ0v) is 11.1. The summed E-state index contributed by atoms with van der Waals surface area (Å²) in [7, 11) is 0. The van der Waals surface area contributed by atoms with Gasteiger partial charge >= 0.3 is 5.97 Å². The monoisotopic (exact) mass is 261 g/mol. The minimum absolute atomic E-state index is 0.104. The smallest absolute Gasteiger partial charge is 0.335 e. The van der Waals surface area contributed by atoms with Crippen LogP contribution in [-0.2, 0) is 11.2 Å². The molecule has 0 unspecified atom stereocenters. The predicted octanol–water partition coefficient (Wildman–Crippen LogP) is 2.33. The standard InChI is InChI=1S/C15H19NO3/c1-2-8-16(13-6-7-13)14(17)10-11-4-3-5-12(9-11)15(18)19/h3-5,9,13H,2,6-8,10H2,1H3,(H,18,19). The van der Waals surface area contributed by atoms with E-state index in [1.54, 1.807) is 24.3 Å². The Morgan fingerprint density at radius 1 is 1.37 bits per heavy atom. The van der Waals surface area contributed by atoms with Crippen molar-refractivity contribution in [3.05, 3.63) is 35.4 Å². The molecule has 19 heavy (non-hydrogen) atoms. The molecule has 1 N–H and O–H groups in total. The minimum Gasteiger partial charge on any atom is -0.478 e. The van der Waals surface area contributed by atoms with Gasteiger partial charge in [-0.3, -0.25) is 4.79 Å². The third-order valence-electron chi connectivity index (χ3n) is 3.30. The van der Waals surface area contributed by atoms with Crippen molar-refractivity contribution in [1.29, 1.82) is 0 Å². The number of hydrogen-bond donors (Lipinski definition) is 1. The summed E-state index contributed by atoms with van der Waals surface area (Å²) < 4.78 is 0. The highest BCUT2D eigenvalue weighted by Gasteiger charge is 2.31. The summed E-state index contributed by atoms with van der Waals surface area (Å²) in [5.41, 5.74) is 1.01. The van der Waals surface area contributed by atoms with Crippen LogP contribution in [0.2, 0.25) is 0 Å². The Labute approximate surface area is 113 Å². The van der Waals surface area contributed by atoms with E-state index in [-0.39, 0.29) is 17.9 Å². The highest BCUT2D eigenvalue weighted by molar-refractivity contribution is 5.88. The van der Waals surface area contributed by atoms with Crippen LogP contribution in [0, 0.1) is 0 Å². The molecule has 1 aromatic rings. The number of carboxylic acids is 1. The van der Waals surface area contributed by atoms with Gasteiger partial charge in [-0.15, -0.1) is 0 Å². The molecule has 0 heterocycles. The fourth-order valence-corrected chi connectivity index (χ4v) is 2.23. The molecule has 0 aliphatic heterocycles. The molecule has 2 rings (SSSR count). The Morgan fingerprint density at radius 3 is 2.68 bits per heavy atom. The summed E-state index contributed by atoms with van der Waals surface area (Å²) in [4.78, 5) is 25.1. The fourth-order valence-electron chi connectivity index (χ4n) is 2.23. The van der Waals surface area contributed by atoms with Crippen LogP contribution >= 0.6 is 0 Å². The molecule has 1 saturated carbocycles. The van der Waals surface area contributed by atoms with Crippen molar-refractivity contribution < 1.29 is 14.7 Å². The SMILES string of the molecule is CCCN(C(=O)Cc1cccc(C(=O)O)c1)C1CC1. The number of amides is 1. The Hall–Kier alpha value is -1.84. The number of carbonyl (C=O) groups excluding carboxylic acids is 1. The molecule has 102 valence electrons. The summed E-state index contributed by atoms with van der Waals surface area (Å²) in [6, 6.07) is 7.03. The van der Waals surface area contributed by atoms with Crippen LogP contribution in [0.25, 0.3) is 0 Å². The molecule has 4 heteroatoms. The Morgan fingerprint density at radius 2 is 2.11 bits per heavy atom. The molecule has 0 saturated heterocycles. The quantitative estimate of drug-likeness (QED) is 0.855. The van der Waals surface area contributed by atoms with E-state index in [9.17, 15) is 9.59 Å². The zero-order chi connectivity index (χ0) is 13.8. The number of carbonyl (C=O) groups is 2. The molecule has 0 atom stereocenters. The normalized spacial score (nSPS) is 14.2. The molecule has 1 aromatic carbocycles. The maximum atomic E-state index is 12.2. The predicted molar refractivity (Wildman–Crippen MR) is 72.1 cm³/mol. The van der Waals surface area contributed by atoms with Crippen molar-refractivity contribution in [3.8, 4) is 0 Å². The Bertz CT molecular complexity index is 480. The van der Waals surface area contributed by atoms with Crippen LogP contribution in [0.5, 0.6) is 0 Å². The van der Waals surface area contributed by atoms with Crippen molar-refractivity contribution in [2.45, 2.75) is 38.6 Å². The lowest BCUT2D eigenvalue weighted by Crippen LogP contribution is -2.34. The number of carboxylic acid groups (broad SMARTS) is 1. The van der Waals surface area contributed by atoms with Crippen LogP contribution in [0.4, 0.5) is 0 Å². The average Bonchev–Trinajstić information content (AvgIpc) is 3.20. The lowest BCUT2D eigenvalue weighted by Gasteiger charge is -2.21. The van der Waals surface area contributed by atoms with Gasteiger partial charge in [-0.05, 0) is 37.0 Å². The van der Waals surface area contributed by atoms with Gasteiger partial charge in [0.05, 0.1) is 12.0 Å². The summed E-state index contributed by atoms with van der Waals surface area (Å²) in [5, 5.41) is 8.94. The van der Waals surface area contributed by atoms with Gasteiger partial charge in [0, 0.05) is 12.6 Å². The molecule has 1 aliphatic rings. The van der Waals surface area contributed by atoms with E-state index < -0.39 is 5.97 Å². The van der Waals surface area contributed by atoms with Crippen LogP contribution in [-0.4, -0.2) is 34.5 Å². The molecule has 1 fully saturated rings. The van der Waals surface area contributed by atoms with Crippen LogP contribution in [0.1, 0.15) is 42.1 Å². The van der Waals surface area contributed by atoms with Gasteiger partial charge in [0.15, 0.2) is 0 Å². The van der Waals surface area contributed by atoms with Crippen molar-refractivity contribution in [1.82, 2.24) is 4.90 Å². The number of hydrogen-bond acceptors (Lipinski definition) is 2. The van der Waals surface area contributed by atoms with Gasteiger partial charge < -0.3 is 10.0 Å². The fraction of sp³-hybridized carbons (Fsp3) is 0.467. The lowest BCUT2D eigenvalue weighted by atomic mass is 10.1. The molecule has 1 amide bonds. The molecule has 0 bridgehead atoms. The second-order valence-corrected chi connectivity index (χ2v) is 5.00. The van der Waals surface area contributed by atoms with E-state index in [0.29, 0.717) is 6.04 Å². The van der Waals surface area contributed by atoms with Crippen molar-refractivity contribution in [2.75, 3.05) is 6.54 Å². The van der Waals surface area contributed by atoms with E-state index in [2.05, 4.69) is 6.92 Å². The second kappa shape index (κ2) is 5.87. The molecule has 4 nitrogen and oxygen atoms in total. The van der Waals surface area contributed by atoms with Crippen molar-refractivity contribution >= 4 is 11.9 Å². The van der Waals surface area contributed by atoms with Crippen LogP contribution in [0.15, 0.2) is 24.3 Å². The van der Waals surface area contributed by atoms with Gasteiger partial charge in [-0.2, -0.15) is 0 Å². The highest BCUT2D eigenvalue weighted by Crippen LogP contribution is 2.27. The Kier molecular flexibility index (Phi) is 4.20. The first-order valence-corrected chi connectivity index (χ1v) is 6.73. The van der Waals surface area contributed by atoms with Crippen LogP contribution in [0.3, 0.4) is 0 Å². The summed E-state index contributed by atoms with van der Waals surface area (Å²) >= 11 is 0. The van der Waals surface area contributed by atoms with Crippen LogP contribution < -0.4 is 0 Å². The zero-order valence-electron chi connectivity index (χ0n) is 11.1. The second-order valence-electron chi connectivity index (χ2n) is 5.00. The van der Waals surface area contributed by atoms with E-state index in [1.807, 2.05) is 4.90 Å². The molecule has 0 spiro atoms. The number of nitrogens with zero attached hydrogens (tertiary/aromatic N) is 1. The third kappa shape index (κ3) is 3.56. The minimum atomic E-state index is -0.957. The van der Waals surface area contributed by atoms with Crippen molar-refractivity contribution in [2.24, 2.45) is 0 Å². The number of rotatable bonds is 6. The summed E-state index contributed by atoms with van der Waals surface area (Å²) in [6.07, 6.45) is 3.44. The van der Waals surface area contributed by atoms with Gasteiger partial charge in [0.2, 0.25) is 5.91 Å². The molecular weight excluding hydrogens is 242 g/mol. The summed E-state index contributed by atoms with van der Waals surface area (Å²) in [6.45, 7) is 2.86. The maximum absolute atomic E-state index is 12.2. The molecular formula is C15H19NO3. The molecule has 1 aliphatic carbocycles. The number of aromatic carboxylic acids is 1. The topological polar surface area (TPSA) is 57.6 Å². The first-order chi connectivity index (χ1) is 9.11. The summed E-state index contributed by atoms with van der Waals surface area (Å²) in [5.74, 6) is -0.853. The van der Waals surface area contributed by atoms with Gasteiger partial charge in [-0.1, -0.05) is 19.1 Å². The maximum Gasteiger partial charge on any atom is 0.335 e. The van der Waals surface area contributed by atoms with Gasteiger partial charge in [0.1, 0.15) is 0 Å². The third-order valence-corrected chi connectivity index (χ3v) is 3.30.